The quantitative estimate of drug-likeness (QED) is 0.307. The Kier molecular flexibility index (Phi) is 1.56. The topological polar surface area (TPSA) is 49.9 Å². The van der Waals surface area contributed by atoms with Crippen molar-refractivity contribution in [1.82, 2.24) is 0 Å². The molecule has 1 aliphatic carbocycles. The van der Waals surface area contributed by atoms with Gasteiger partial charge in [0.15, 0.2) is 0 Å². The van der Waals surface area contributed by atoms with Gasteiger partial charge in [0.2, 0.25) is 0 Å². The highest BCUT2D eigenvalue weighted by Gasteiger charge is 2.20. The molecule has 0 fully saturated rings. The lowest BCUT2D eigenvalue weighted by Gasteiger charge is -2.11. The lowest BCUT2D eigenvalue weighted by Crippen LogP contribution is -2.24. The van der Waals surface area contributed by atoms with Gasteiger partial charge in [-0.05, 0) is 12.3 Å². The van der Waals surface area contributed by atoms with Gasteiger partial charge in [-0.15, -0.1) is 0 Å². The first kappa shape index (κ1) is 6.33. The number of rotatable bonds is 1. The van der Waals surface area contributed by atoms with Crippen LogP contribution in [0, 0.1) is 17.2 Å². The van der Waals surface area contributed by atoms with Crippen molar-refractivity contribution in [3.63, 3.8) is 0 Å². The molecule has 0 aromatic carbocycles. The zero-order valence-electron chi connectivity index (χ0n) is 5.59. The van der Waals surface area contributed by atoms with Crippen molar-refractivity contribution < 1.29 is 0 Å². The third-order valence-corrected chi connectivity index (χ3v) is 1.86. The summed E-state index contributed by atoms with van der Waals surface area (Å²) in [5.41, 5.74) is 5.33. The molecule has 1 aliphatic rings. The van der Waals surface area contributed by atoms with Gasteiger partial charge in [-0.2, -0.15) is 0 Å². The van der Waals surface area contributed by atoms with Gasteiger partial charge in [-0.3, -0.25) is 5.41 Å². The number of nitrogens with one attached hydrogen (secondary N) is 1. The second-order valence-corrected chi connectivity index (χ2v) is 2.58. The fourth-order valence-corrected chi connectivity index (χ4v) is 1.20. The van der Waals surface area contributed by atoms with Crippen molar-refractivity contribution >= 4 is 5.84 Å². The SMILES string of the molecule is CC1C=CCC1C(=N)N. The average molecular weight is 124 g/mol. The van der Waals surface area contributed by atoms with Crippen molar-refractivity contribution in [2.24, 2.45) is 17.6 Å². The maximum Gasteiger partial charge on any atom is 0.0945 e. The van der Waals surface area contributed by atoms with Crippen molar-refractivity contribution in [2.45, 2.75) is 13.3 Å². The smallest absolute Gasteiger partial charge is 0.0945 e. The molecular weight excluding hydrogens is 112 g/mol. The Morgan fingerprint density at radius 3 is 2.67 bits per heavy atom. The predicted octanol–water partition coefficient (Wildman–Crippen LogP) is 1.13. The molecule has 9 heavy (non-hydrogen) atoms. The Morgan fingerprint density at radius 2 is 2.44 bits per heavy atom. The van der Waals surface area contributed by atoms with Crippen molar-refractivity contribution in [2.75, 3.05) is 0 Å². The van der Waals surface area contributed by atoms with Crippen LogP contribution in [0.4, 0.5) is 0 Å². The van der Waals surface area contributed by atoms with Gasteiger partial charge in [0, 0.05) is 5.92 Å². The van der Waals surface area contributed by atoms with Crippen LogP contribution in [0.1, 0.15) is 13.3 Å². The number of nitrogens with two attached hydrogens (primary N) is 1. The van der Waals surface area contributed by atoms with Crippen LogP contribution >= 0.6 is 0 Å². The van der Waals surface area contributed by atoms with E-state index in [9.17, 15) is 0 Å². The Labute approximate surface area is 55.3 Å². The van der Waals surface area contributed by atoms with Crippen LogP contribution in [0.3, 0.4) is 0 Å². The highest BCUT2D eigenvalue weighted by atomic mass is 14.7. The van der Waals surface area contributed by atoms with E-state index in [1.807, 2.05) is 0 Å². The van der Waals surface area contributed by atoms with E-state index >= 15 is 0 Å². The average Bonchev–Trinajstić information content (AvgIpc) is 2.13. The highest BCUT2D eigenvalue weighted by Crippen LogP contribution is 2.23. The molecule has 1 rings (SSSR count). The number of hydrogen-bond acceptors (Lipinski definition) is 1. The van der Waals surface area contributed by atoms with E-state index in [4.69, 9.17) is 11.1 Å². The van der Waals surface area contributed by atoms with Crippen molar-refractivity contribution in [3.8, 4) is 0 Å². The molecule has 2 nitrogen and oxygen atoms in total. The van der Waals surface area contributed by atoms with E-state index in [1.54, 1.807) is 0 Å². The summed E-state index contributed by atoms with van der Waals surface area (Å²) in [4.78, 5) is 0. The monoisotopic (exact) mass is 124 g/mol. The van der Waals surface area contributed by atoms with E-state index in [0.717, 1.165) is 6.42 Å². The lowest BCUT2D eigenvalue weighted by molar-refractivity contribution is 0.580. The molecular formula is C7H12N2. The molecule has 0 saturated carbocycles. The minimum absolute atomic E-state index is 0.282. The van der Waals surface area contributed by atoms with Crippen LogP contribution in [0.2, 0.25) is 0 Å². The Morgan fingerprint density at radius 1 is 1.78 bits per heavy atom. The summed E-state index contributed by atoms with van der Waals surface area (Å²) >= 11 is 0. The molecule has 0 aromatic heterocycles. The first-order valence-electron chi connectivity index (χ1n) is 3.22. The molecule has 0 bridgehead atoms. The second kappa shape index (κ2) is 2.21. The van der Waals surface area contributed by atoms with Crippen LogP contribution in [0.25, 0.3) is 0 Å². The molecule has 0 spiro atoms. The van der Waals surface area contributed by atoms with Crippen molar-refractivity contribution in [1.29, 1.82) is 5.41 Å². The number of hydrogen-bond donors (Lipinski definition) is 2. The van der Waals surface area contributed by atoms with Gasteiger partial charge in [0.1, 0.15) is 0 Å². The van der Waals surface area contributed by atoms with Crippen LogP contribution < -0.4 is 5.73 Å². The summed E-state index contributed by atoms with van der Waals surface area (Å²) in [7, 11) is 0. The largest absolute Gasteiger partial charge is 0.387 e. The van der Waals surface area contributed by atoms with E-state index in [-0.39, 0.29) is 5.92 Å². The molecule has 0 heterocycles. The Hall–Kier alpha value is -0.790. The molecule has 0 radical (unpaired) electrons. The van der Waals surface area contributed by atoms with E-state index in [1.165, 1.54) is 0 Å². The fourth-order valence-electron chi connectivity index (χ4n) is 1.20. The maximum absolute atomic E-state index is 7.16. The normalized spacial score (nSPS) is 33.0. The summed E-state index contributed by atoms with van der Waals surface area (Å²) in [6.45, 7) is 2.09. The molecule has 2 unspecified atom stereocenters. The molecule has 0 amide bonds. The summed E-state index contributed by atoms with van der Waals surface area (Å²) < 4.78 is 0. The zero-order valence-corrected chi connectivity index (χ0v) is 5.59. The maximum atomic E-state index is 7.16. The lowest BCUT2D eigenvalue weighted by atomic mass is 9.97. The van der Waals surface area contributed by atoms with Gasteiger partial charge in [0.25, 0.3) is 0 Å². The van der Waals surface area contributed by atoms with E-state index in [0.29, 0.717) is 11.8 Å². The van der Waals surface area contributed by atoms with Gasteiger partial charge in [-0.1, -0.05) is 19.1 Å². The first-order chi connectivity index (χ1) is 4.22. The Bertz CT molecular complexity index is 149. The van der Waals surface area contributed by atoms with Gasteiger partial charge >= 0.3 is 0 Å². The fraction of sp³-hybridized carbons (Fsp3) is 0.571. The van der Waals surface area contributed by atoms with Crippen molar-refractivity contribution in [3.05, 3.63) is 12.2 Å². The molecule has 3 N–H and O–H groups in total. The zero-order chi connectivity index (χ0) is 6.85. The third kappa shape index (κ3) is 1.12. The number of allylic oxidation sites excluding steroid dienone is 2. The molecule has 2 heteroatoms. The number of amidine groups is 1. The molecule has 2 atom stereocenters. The standard InChI is InChI=1S/C7H12N2/c1-5-3-2-4-6(5)7(8)9/h2-3,5-6H,4H2,1H3,(H3,8,9). The summed E-state index contributed by atoms with van der Waals surface area (Å²) in [5.74, 6) is 1.08. The van der Waals surface area contributed by atoms with Gasteiger partial charge in [-0.25, -0.2) is 0 Å². The third-order valence-electron chi connectivity index (χ3n) is 1.86. The minimum atomic E-state index is 0.282. The summed E-state index contributed by atoms with van der Waals surface area (Å²) in [5, 5.41) is 7.16. The molecule has 0 aromatic rings. The van der Waals surface area contributed by atoms with Crippen LogP contribution in [0.15, 0.2) is 12.2 Å². The van der Waals surface area contributed by atoms with Crippen LogP contribution in [-0.4, -0.2) is 5.84 Å². The minimum Gasteiger partial charge on any atom is -0.387 e. The van der Waals surface area contributed by atoms with Crippen LogP contribution in [-0.2, 0) is 0 Å². The molecule has 0 saturated heterocycles. The highest BCUT2D eigenvalue weighted by molar-refractivity contribution is 5.80. The molecule has 0 aliphatic heterocycles. The van der Waals surface area contributed by atoms with E-state index in [2.05, 4.69) is 19.1 Å². The second-order valence-electron chi connectivity index (χ2n) is 2.58. The van der Waals surface area contributed by atoms with E-state index < -0.39 is 0 Å². The van der Waals surface area contributed by atoms with Crippen LogP contribution in [0.5, 0.6) is 0 Å². The first-order valence-corrected chi connectivity index (χ1v) is 3.22. The van der Waals surface area contributed by atoms with Gasteiger partial charge < -0.3 is 5.73 Å². The Balaban J connectivity index is 2.55. The predicted molar refractivity (Wildman–Crippen MR) is 38.3 cm³/mol. The summed E-state index contributed by atoms with van der Waals surface area (Å²) in [6, 6.07) is 0. The summed E-state index contributed by atoms with van der Waals surface area (Å²) in [6.07, 6.45) is 5.17. The van der Waals surface area contributed by atoms with Gasteiger partial charge in [0.05, 0.1) is 5.84 Å². The molecule has 50 valence electrons.